The molecule has 0 atom stereocenters. The number of aromatic nitrogens is 1. The Balaban J connectivity index is 0.000000200. The maximum Gasteiger partial charge on any atom is 2.00 e. The van der Waals surface area contributed by atoms with E-state index in [-0.39, 0.29) is 17.1 Å². The van der Waals surface area contributed by atoms with E-state index >= 15 is 0 Å². The Hall–Kier alpha value is -1.63. The maximum atomic E-state index is 4.22. The number of rotatable bonds is 2. The summed E-state index contributed by atoms with van der Waals surface area (Å²) in [5, 5.41) is 0. The van der Waals surface area contributed by atoms with Gasteiger partial charge in [-0.25, -0.2) is 12.1 Å². The SMILES string of the molecule is CC(C)[c-]1cccc1.[Fe+2].c1ccc(-[c-]2cccc2)nc1. The second-order valence-electron chi connectivity index (χ2n) is 4.76. The van der Waals surface area contributed by atoms with Crippen molar-refractivity contribution in [3.05, 3.63) is 78.5 Å². The standard InChI is InChI=1S/C10H8N.C8H11.Fe/c1-2-6-9(5-1)10-7-3-4-8-11-10;1-7(2)8-5-3-4-6-8;/h1-8H;3-7H,1-2H3;/q2*-1;+2. The fourth-order valence-corrected chi connectivity index (χ4v) is 1.85. The molecule has 104 valence electrons. The van der Waals surface area contributed by atoms with Crippen LogP contribution in [0.4, 0.5) is 0 Å². The molecule has 20 heavy (non-hydrogen) atoms. The van der Waals surface area contributed by atoms with Crippen molar-refractivity contribution in [1.29, 1.82) is 0 Å². The maximum absolute atomic E-state index is 4.22. The summed E-state index contributed by atoms with van der Waals surface area (Å²) < 4.78 is 0. The molecule has 1 nitrogen and oxygen atoms in total. The predicted octanol–water partition coefficient (Wildman–Crippen LogP) is 4.99. The molecule has 0 unspecified atom stereocenters. The van der Waals surface area contributed by atoms with Crippen molar-refractivity contribution < 1.29 is 17.1 Å². The molecule has 0 aliphatic rings. The summed E-state index contributed by atoms with van der Waals surface area (Å²) >= 11 is 0. The van der Waals surface area contributed by atoms with E-state index in [2.05, 4.69) is 55.2 Å². The molecule has 0 fully saturated rings. The van der Waals surface area contributed by atoms with Crippen LogP contribution in [0.1, 0.15) is 25.3 Å². The average Bonchev–Trinajstić information content (AvgIpc) is 3.14. The molecule has 1 heterocycles. The zero-order valence-corrected chi connectivity index (χ0v) is 12.9. The summed E-state index contributed by atoms with van der Waals surface area (Å²) in [6.07, 6.45) is 1.81. The summed E-state index contributed by atoms with van der Waals surface area (Å²) in [7, 11) is 0. The van der Waals surface area contributed by atoms with Crippen LogP contribution in [-0.4, -0.2) is 4.98 Å². The van der Waals surface area contributed by atoms with Gasteiger partial charge in [0.15, 0.2) is 0 Å². The summed E-state index contributed by atoms with van der Waals surface area (Å²) in [6, 6.07) is 22.6. The van der Waals surface area contributed by atoms with E-state index in [0.29, 0.717) is 5.92 Å². The van der Waals surface area contributed by atoms with Crippen molar-refractivity contribution in [2.24, 2.45) is 0 Å². The predicted molar refractivity (Wildman–Crippen MR) is 81.4 cm³/mol. The van der Waals surface area contributed by atoms with Gasteiger partial charge in [-0.15, -0.1) is 18.2 Å². The van der Waals surface area contributed by atoms with Gasteiger partial charge in [-0.1, -0.05) is 37.5 Å². The summed E-state index contributed by atoms with van der Waals surface area (Å²) in [4.78, 5) is 4.22. The van der Waals surface area contributed by atoms with Crippen molar-refractivity contribution in [3.8, 4) is 11.3 Å². The molecule has 0 aliphatic heterocycles. The third kappa shape index (κ3) is 4.80. The average molecular weight is 305 g/mol. The number of nitrogens with zero attached hydrogens (tertiary/aromatic N) is 1. The van der Waals surface area contributed by atoms with Crippen LogP contribution in [-0.2, 0) is 17.1 Å². The number of hydrogen-bond acceptors (Lipinski definition) is 1. The van der Waals surface area contributed by atoms with E-state index in [0.717, 1.165) is 5.69 Å². The first-order valence-corrected chi connectivity index (χ1v) is 6.62. The molecule has 2 aromatic carbocycles. The molecule has 2 heteroatoms. The second kappa shape index (κ2) is 8.52. The van der Waals surface area contributed by atoms with Crippen LogP contribution in [0, 0.1) is 0 Å². The van der Waals surface area contributed by atoms with Crippen molar-refractivity contribution in [3.63, 3.8) is 0 Å². The van der Waals surface area contributed by atoms with E-state index in [1.807, 2.05) is 36.5 Å². The van der Waals surface area contributed by atoms with E-state index in [9.17, 15) is 0 Å². The second-order valence-corrected chi connectivity index (χ2v) is 4.76. The van der Waals surface area contributed by atoms with Crippen molar-refractivity contribution in [2.45, 2.75) is 19.8 Å². The summed E-state index contributed by atoms with van der Waals surface area (Å²) in [6.45, 7) is 4.41. The van der Waals surface area contributed by atoms with Gasteiger partial charge in [-0.2, -0.15) is 29.8 Å². The molecule has 0 saturated carbocycles. The van der Waals surface area contributed by atoms with Crippen LogP contribution in [0.25, 0.3) is 11.3 Å². The fourth-order valence-electron chi connectivity index (χ4n) is 1.85. The molecule has 0 bridgehead atoms. The minimum Gasteiger partial charge on any atom is -0.276 e. The molecule has 3 rings (SSSR count). The molecule has 0 amide bonds. The van der Waals surface area contributed by atoms with Gasteiger partial charge in [0.2, 0.25) is 0 Å². The van der Waals surface area contributed by atoms with E-state index in [1.165, 1.54) is 11.1 Å². The quantitative estimate of drug-likeness (QED) is 0.480. The molecule has 0 saturated heterocycles. The molecule has 0 spiro atoms. The van der Waals surface area contributed by atoms with Gasteiger partial charge in [0, 0.05) is 6.20 Å². The monoisotopic (exact) mass is 305 g/mol. The summed E-state index contributed by atoms with van der Waals surface area (Å²) in [5.41, 5.74) is 3.66. The number of pyridine rings is 1. The first kappa shape index (κ1) is 16.4. The molecule has 0 aliphatic carbocycles. The van der Waals surface area contributed by atoms with Gasteiger partial charge in [-0.05, 0) is 5.69 Å². The largest absolute Gasteiger partial charge is 2.00 e. The molecule has 0 radical (unpaired) electrons. The Labute approximate surface area is 131 Å². The zero-order valence-electron chi connectivity index (χ0n) is 11.8. The molecule has 0 N–H and O–H groups in total. The first-order valence-electron chi connectivity index (χ1n) is 6.62. The van der Waals surface area contributed by atoms with Crippen LogP contribution in [0.15, 0.2) is 72.9 Å². The van der Waals surface area contributed by atoms with Crippen LogP contribution in [0.2, 0.25) is 0 Å². The third-order valence-electron chi connectivity index (χ3n) is 2.98. The van der Waals surface area contributed by atoms with Crippen molar-refractivity contribution >= 4 is 0 Å². The molecular weight excluding hydrogens is 286 g/mol. The van der Waals surface area contributed by atoms with Crippen LogP contribution < -0.4 is 0 Å². The minimum atomic E-state index is 0. The Kier molecular flexibility index (Phi) is 7.00. The van der Waals surface area contributed by atoms with Crippen molar-refractivity contribution in [1.82, 2.24) is 4.98 Å². The van der Waals surface area contributed by atoms with Gasteiger partial charge >= 0.3 is 17.1 Å². The van der Waals surface area contributed by atoms with E-state index < -0.39 is 0 Å². The Bertz CT molecular complexity index is 551. The van der Waals surface area contributed by atoms with Crippen LogP contribution in [0.5, 0.6) is 0 Å². The van der Waals surface area contributed by atoms with Gasteiger partial charge < -0.3 is 0 Å². The third-order valence-corrected chi connectivity index (χ3v) is 2.98. The van der Waals surface area contributed by atoms with Gasteiger partial charge in [-0.3, -0.25) is 4.98 Å². The zero-order chi connectivity index (χ0) is 13.5. The fraction of sp³-hybridized carbons (Fsp3) is 0.167. The van der Waals surface area contributed by atoms with Crippen LogP contribution in [0.3, 0.4) is 0 Å². The first-order chi connectivity index (χ1) is 9.27. The Morgan fingerprint density at radius 1 is 0.850 bits per heavy atom. The number of hydrogen-bond donors (Lipinski definition) is 0. The Morgan fingerprint density at radius 3 is 1.90 bits per heavy atom. The Morgan fingerprint density at radius 2 is 1.45 bits per heavy atom. The molecule has 3 aromatic rings. The van der Waals surface area contributed by atoms with E-state index in [4.69, 9.17) is 0 Å². The normalized spacial score (nSPS) is 9.55. The van der Waals surface area contributed by atoms with Gasteiger partial charge in [0.05, 0.1) is 0 Å². The van der Waals surface area contributed by atoms with Gasteiger partial charge in [0.1, 0.15) is 0 Å². The minimum absolute atomic E-state index is 0. The molecule has 1 aromatic heterocycles. The summed E-state index contributed by atoms with van der Waals surface area (Å²) in [5.74, 6) is 0.685. The van der Waals surface area contributed by atoms with Gasteiger partial charge in [0.25, 0.3) is 0 Å². The smallest absolute Gasteiger partial charge is 0.276 e. The van der Waals surface area contributed by atoms with E-state index in [1.54, 1.807) is 0 Å². The molecular formula is C18H19FeN. The van der Waals surface area contributed by atoms with Crippen LogP contribution >= 0.6 is 0 Å². The van der Waals surface area contributed by atoms with Crippen molar-refractivity contribution in [2.75, 3.05) is 0 Å². The topological polar surface area (TPSA) is 12.9 Å².